The molecule has 0 spiro atoms. The lowest BCUT2D eigenvalue weighted by Crippen LogP contribution is -2.01. The van der Waals surface area contributed by atoms with E-state index < -0.39 is 0 Å². The van der Waals surface area contributed by atoms with Crippen molar-refractivity contribution in [2.45, 2.75) is 0 Å². The molecule has 0 aliphatic heterocycles. The van der Waals surface area contributed by atoms with E-state index in [2.05, 4.69) is 22.6 Å². The van der Waals surface area contributed by atoms with Crippen molar-refractivity contribution < 1.29 is 9.53 Å². The number of rotatable bonds is 5. The summed E-state index contributed by atoms with van der Waals surface area (Å²) in [6.45, 7) is 3.88. The number of fused-ring (bicyclic) bond motifs is 1. The maximum Gasteiger partial charge on any atom is 0.337 e. The summed E-state index contributed by atoms with van der Waals surface area (Å²) in [5.74, 6) is -0.354. The fourth-order valence-electron chi connectivity index (χ4n) is 2.71. The van der Waals surface area contributed by atoms with E-state index in [4.69, 9.17) is 4.74 Å². The van der Waals surface area contributed by atoms with Crippen LogP contribution < -0.4 is 0 Å². The molecule has 26 heavy (non-hydrogen) atoms. The van der Waals surface area contributed by atoms with Gasteiger partial charge in [-0.3, -0.25) is 9.56 Å². The van der Waals surface area contributed by atoms with Crippen LogP contribution in [0.1, 0.15) is 15.9 Å². The molecule has 2 aromatic carbocycles. The fourth-order valence-corrected chi connectivity index (χ4v) is 2.71. The molecular formula is C21H19N3O2. The first-order valence-corrected chi connectivity index (χ1v) is 8.09. The van der Waals surface area contributed by atoms with E-state index in [0.29, 0.717) is 5.56 Å². The third-order valence-corrected chi connectivity index (χ3v) is 4.07. The lowest BCUT2D eigenvalue weighted by Gasteiger charge is -2.07. The number of nitrogens with zero attached hydrogens (tertiary/aromatic N) is 3. The zero-order valence-electron chi connectivity index (χ0n) is 14.7. The minimum atomic E-state index is -0.354. The van der Waals surface area contributed by atoms with Gasteiger partial charge in [0.25, 0.3) is 0 Å². The molecule has 1 heterocycles. The summed E-state index contributed by atoms with van der Waals surface area (Å²) in [5.41, 5.74) is 5.29. The van der Waals surface area contributed by atoms with E-state index in [1.165, 1.54) is 7.11 Å². The van der Waals surface area contributed by atoms with Crippen molar-refractivity contribution in [1.29, 1.82) is 0 Å². The Balaban J connectivity index is 2.06. The van der Waals surface area contributed by atoms with Crippen molar-refractivity contribution in [2.75, 3.05) is 14.2 Å². The number of methoxy groups -OCH3 is 1. The second-order valence-corrected chi connectivity index (χ2v) is 5.59. The Hall–Kier alpha value is -3.47. The highest BCUT2D eigenvalue weighted by Gasteiger charge is 2.09. The number of imidazole rings is 1. The van der Waals surface area contributed by atoms with E-state index in [0.717, 1.165) is 27.9 Å². The van der Waals surface area contributed by atoms with Crippen molar-refractivity contribution >= 4 is 28.8 Å². The lowest BCUT2D eigenvalue weighted by atomic mass is 10.0. The minimum Gasteiger partial charge on any atom is -0.465 e. The molecule has 0 saturated heterocycles. The van der Waals surface area contributed by atoms with Crippen LogP contribution in [-0.4, -0.2) is 35.9 Å². The molecule has 0 atom stereocenters. The van der Waals surface area contributed by atoms with Crippen LogP contribution in [0.3, 0.4) is 0 Å². The van der Waals surface area contributed by atoms with E-state index in [1.54, 1.807) is 37.8 Å². The number of carbonyl (C=O) groups excluding carboxylic acids is 1. The van der Waals surface area contributed by atoms with Gasteiger partial charge in [-0.05, 0) is 53.6 Å². The second kappa shape index (κ2) is 7.61. The fraction of sp³-hybridized carbons (Fsp3) is 0.0952. The number of esters is 1. The number of benzene rings is 2. The van der Waals surface area contributed by atoms with Crippen LogP contribution in [0.15, 0.2) is 72.5 Å². The van der Waals surface area contributed by atoms with E-state index in [-0.39, 0.29) is 5.97 Å². The minimum absolute atomic E-state index is 0.354. The first-order valence-electron chi connectivity index (χ1n) is 8.09. The molecule has 0 aliphatic rings. The molecule has 0 aliphatic carbocycles. The molecular weight excluding hydrogens is 326 g/mol. The largest absolute Gasteiger partial charge is 0.465 e. The van der Waals surface area contributed by atoms with Crippen molar-refractivity contribution in [1.82, 2.24) is 9.55 Å². The zero-order chi connectivity index (χ0) is 18.5. The van der Waals surface area contributed by atoms with Gasteiger partial charge >= 0.3 is 5.97 Å². The molecule has 0 radical (unpaired) electrons. The van der Waals surface area contributed by atoms with Gasteiger partial charge < -0.3 is 4.74 Å². The van der Waals surface area contributed by atoms with Crippen molar-refractivity contribution in [2.24, 2.45) is 4.99 Å². The van der Waals surface area contributed by atoms with Gasteiger partial charge in [-0.15, -0.1) is 0 Å². The van der Waals surface area contributed by atoms with Gasteiger partial charge in [-0.1, -0.05) is 18.7 Å². The molecule has 0 unspecified atom stereocenters. The summed E-state index contributed by atoms with van der Waals surface area (Å²) in [4.78, 5) is 20.0. The smallest absolute Gasteiger partial charge is 0.337 e. The molecule has 0 bridgehead atoms. The average molecular weight is 345 g/mol. The molecule has 0 amide bonds. The van der Waals surface area contributed by atoms with Crippen LogP contribution in [0.4, 0.5) is 0 Å². The van der Waals surface area contributed by atoms with Gasteiger partial charge in [-0.25, -0.2) is 9.78 Å². The lowest BCUT2D eigenvalue weighted by molar-refractivity contribution is 0.0601. The Labute approximate surface area is 152 Å². The van der Waals surface area contributed by atoms with Gasteiger partial charge in [0, 0.05) is 18.9 Å². The first kappa shape index (κ1) is 17.4. The number of carbonyl (C=O) groups is 1. The van der Waals surface area contributed by atoms with Gasteiger partial charge in [-0.2, -0.15) is 0 Å². The summed E-state index contributed by atoms with van der Waals surface area (Å²) in [6, 6.07) is 13.3. The molecule has 1 aromatic heterocycles. The number of hydrogen-bond donors (Lipinski definition) is 0. The van der Waals surface area contributed by atoms with Crippen molar-refractivity contribution in [3.05, 3.63) is 78.6 Å². The van der Waals surface area contributed by atoms with Gasteiger partial charge in [0.2, 0.25) is 0 Å². The van der Waals surface area contributed by atoms with Crippen LogP contribution >= 0.6 is 0 Å². The maximum absolute atomic E-state index is 11.6. The van der Waals surface area contributed by atoms with Crippen LogP contribution in [0.25, 0.3) is 22.3 Å². The second-order valence-electron chi connectivity index (χ2n) is 5.59. The molecule has 0 N–H and O–H groups in total. The standard InChI is InChI=1S/C21H19N3O2/c1-4-15(11-12-22-2)17-7-10-19-20(13-17)24(14-23-19)18-8-5-16(6-9-18)21(25)26-3/h4-14H,1H2,2-3H3/b15-11+,22-12-. The summed E-state index contributed by atoms with van der Waals surface area (Å²) < 4.78 is 6.72. The number of ether oxygens (including phenoxy) is 1. The van der Waals surface area contributed by atoms with Gasteiger partial charge in [0.15, 0.2) is 0 Å². The van der Waals surface area contributed by atoms with Crippen LogP contribution in [-0.2, 0) is 4.74 Å². The van der Waals surface area contributed by atoms with Crippen LogP contribution in [0.2, 0.25) is 0 Å². The summed E-state index contributed by atoms with van der Waals surface area (Å²) in [7, 11) is 3.10. The van der Waals surface area contributed by atoms with Crippen molar-refractivity contribution in [3.8, 4) is 5.69 Å². The Kier molecular flexibility index (Phi) is 5.08. The summed E-state index contributed by atoms with van der Waals surface area (Å²) in [5, 5.41) is 0. The molecule has 130 valence electrons. The predicted octanol–water partition coefficient (Wildman–Crippen LogP) is 4.08. The maximum atomic E-state index is 11.6. The SMILES string of the molecule is C=C/C(=C\C=N/C)c1ccc2ncn(-c3ccc(C(=O)OC)cc3)c2c1. The molecule has 5 nitrogen and oxygen atoms in total. The highest BCUT2D eigenvalue weighted by atomic mass is 16.5. The van der Waals surface area contributed by atoms with E-state index in [9.17, 15) is 4.79 Å². The first-order chi connectivity index (χ1) is 12.7. The third kappa shape index (κ3) is 3.32. The monoisotopic (exact) mass is 345 g/mol. The van der Waals surface area contributed by atoms with Crippen LogP contribution in [0.5, 0.6) is 0 Å². The zero-order valence-corrected chi connectivity index (χ0v) is 14.7. The predicted molar refractivity (Wildman–Crippen MR) is 105 cm³/mol. The number of aliphatic imine (C=N–C) groups is 1. The van der Waals surface area contributed by atoms with E-state index >= 15 is 0 Å². The molecule has 0 fully saturated rings. The van der Waals surface area contributed by atoms with Gasteiger partial charge in [0.1, 0.15) is 6.33 Å². The normalized spacial score (nSPS) is 11.8. The molecule has 5 heteroatoms. The highest BCUT2D eigenvalue weighted by molar-refractivity contribution is 5.92. The van der Waals surface area contributed by atoms with Gasteiger partial charge in [0.05, 0.1) is 23.7 Å². The number of hydrogen-bond acceptors (Lipinski definition) is 4. The Bertz CT molecular complexity index is 1010. The van der Waals surface area contributed by atoms with E-state index in [1.807, 2.05) is 34.9 Å². The Morgan fingerprint density at radius 3 is 2.58 bits per heavy atom. The summed E-state index contributed by atoms with van der Waals surface area (Å²) >= 11 is 0. The highest BCUT2D eigenvalue weighted by Crippen LogP contribution is 2.24. The number of allylic oxidation sites excluding steroid dienone is 3. The molecule has 3 aromatic rings. The third-order valence-electron chi connectivity index (χ3n) is 4.07. The Morgan fingerprint density at radius 1 is 1.19 bits per heavy atom. The van der Waals surface area contributed by atoms with Crippen LogP contribution in [0, 0.1) is 0 Å². The quantitative estimate of drug-likeness (QED) is 0.398. The molecule has 0 saturated carbocycles. The number of aromatic nitrogens is 2. The average Bonchev–Trinajstić information content (AvgIpc) is 3.11. The van der Waals surface area contributed by atoms with Crippen molar-refractivity contribution in [3.63, 3.8) is 0 Å². The molecule has 3 rings (SSSR count). The topological polar surface area (TPSA) is 56.5 Å². The Morgan fingerprint density at radius 2 is 1.92 bits per heavy atom. The summed E-state index contributed by atoms with van der Waals surface area (Å²) in [6.07, 6.45) is 7.23.